The van der Waals surface area contributed by atoms with Crippen molar-refractivity contribution in [3.8, 4) is 0 Å². The van der Waals surface area contributed by atoms with E-state index in [0.29, 0.717) is 0 Å². The highest BCUT2D eigenvalue weighted by Crippen LogP contribution is 2.19. The lowest BCUT2D eigenvalue weighted by atomic mass is 10.5. The standard InChI is InChI=1S/C5H2Cl3NO.C2H4O2.CH5N3/c6-2-1-3(7)5(10)9-4(2)8;1-2(3)4;2-1(3)4/h1H,(H,9,10);1H3,(H,3,4);(H5,2,3,4). The molecule has 0 saturated heterocycles. The number of aliphatic carboxylic acids is 1. The number of halogens is 3. The first-order chi connectivity index (χ1) is 8.07. The Morgan fingerprint density at radius 3 is 1.94 bits per heavy atom. The molecule has 1 aromatic heterocycles. The summed E-state index contributed by atoms with van der Waals surface area (Å²) in [6, 6.07) is 1.30. The van der Waals surface area contributed by atoms with Gasteiger partial charge in [0.1, 0.15) is 10.2 Å². The summed E-state index contributed by atoms with van der Waals surface area (Å²) in [5, 5.41) is 13.9. The first-order valence-electron chi connectivity index (χ1n) is 4.10. The number of aromatic amines is 1. The second kappa shape index (κ2) is 9.58. The zero-order chi connectivity index (χ0) is 14.9. The van der Waals surface area contributed by atoms with E-state index in [0.717, 1.165) is 6.92 Å². The number of hydrogen-bond acceptors (Lipinski definition) is 3. The van der Waals surface area contributed by atoms with Gasteiger partial charge in [-0.1, -0.05) is 34.8 Å². The van der Waals surface area contributed by atoms with Crippen LogP contribution in [0.1, 0.15) is 6.92 Å². The summed E-state index contributed by atoms with van der Waals surface area (Å²) in [7, 11) is 0. The monoisotopic (exact) mass is 316 g/mol. The van der Waals surface area contributed by atoms with Crippen molar-refractivity contribution in [1.82, 2.24) is 4.98 Å². The van der Waals surface area contributed by atoms with Gasteiger partial charge < -0.3 is 21.6 Å². The Bertz CT molecular complexity index is 455. The summed E-state index contributed by atoms with van der Waals surface area (Å²) in [6.07, 6.45) is 0. The van der Waals surface area contributed by atoms with Gasteiger partial charge in [-0.25, -0.2) is 0 Å². The summed E-state index contributed by atoms with van der Waals surface area (Å²) in [5.41, 5.74) is 8.51. The lowest BCUT2D eigenvalue weighted by Crippen LogP contribution is -2.20. The van der Waals surface area contributed by atoms with Gasteiger partial charge in [0.05, 0.1) is 5.02 Å². The predicted molar refractivity (Wildman–Crippen MR) is 71.5 cm³/mol. The smallest absolute Gasteiger partial charge is 0.300 e. The van der Waals surface area contributed by atoms with Crippen LogP contribution in [0, 0.1) is 5.41 Å². The van der Waals surface area contributed by atoms with Crippen molar-refractivity contribution in [2.45, 2.75) is 6.92 Å². The Morgan fingerprint density at radius 2 is 1.67 bits per heavy atom. The first-order valence-corrected chi connectivity index (χ1v) is 5.24. The molecule has 18 heavy (non-hydrogen) atoms. The van der Waals surface area contributed by atoms with Gasteiger partial charge in [-0.2, -0.15) is 0 Å². The van der Waals surface area contributed by atoms with Crippen LogP contribution >= 0.6 is 34.8 Å². The number of rotatable bonds is 0. The molecule has 0 radical (unpaired) electrons. The lowest BCUT2D eigenvalue weighted by Gasteiger charge is -1.93. The zero-order valence-electron chi connectivity index (χ0n) is 9.13. The van der Waals surface area contributed by atoms with Gasteiger partial charge in [-0.3, -0.25) is 15.0 Å². The van der Waals surface area contributed by atoms with E-state index in [1.807, 2.05) is 0 Å². The van der Waals surface area contributed by atoms with Crippen molar-refractivity contribution in [3.63, 3.8) is 0 Å². The van der Waals surface area contributed by atoms with Crippen LogP contribution in [0.15, 0.2) is 10.9 Å². The van der Waals surface area contributed by atoms with Gasteiger partial charge in [0.2, 0.25) is 0 Å². The quantitative estimate of drug-likeness (QED) is 0.278. The van der Waals surface area contributed by atoms with Crippen LogP contribution in [0.3, 0.4) is 0 Å². The molecular formula is C8H11Cl3N4O3. The number of pyridine rings is 1. The van der Waals surface area contributed by atoms with Gasteiger partial charge >= 0.3 is 0 Å². The number of carboxylic acids is 1. The molecule has 0 fully saturated rings. The molecule has 1 heterocycles. The van der Waals surface area contributed by atoms with Crippen molar-refractivity contribution in [2.24, 2.45) is 11.5 Å². The Balaban J connectivity index is 0. The summed E-state index contributed by atoms with van der Waals surface area (Å²) in [4.78, 5) is 21.9. The number of nitrogens with two attached hydrogens (primary N) is 2. The van der Waals surface area contributed by atoms with Crippen molar-refractivity contribution in [2.75, 3.05) is 0 Å². The second-order valence-corrected chi connectivity index (χ2v) is 3.78. The van der Waals surface area contributed by atoms with E-state index in [-0.39, 0.29) is 21.2 Å². The predicted octanol–water partition coefficient (Wildman–Crippen LogP) is 1.26. The molecule has 0 unspecified atom stereocenters. The normalized spacial score (nSPS) is 8.22. The third-order valence-corrected chi connectivity index (χ3v) is 1.88. The van der Waals surface area contributed by atoms with Crippen molar-refractivity contribution in [1.29, 1.82) is 5.41 Å². The Morgan fingerprint density at radius 1 is 1.33 bits per heavy atom. The fourth-order valence-corrected chi connectivity index (χ4v) is 0.968. The molecule has 7 nitrogen and oxygen atoms in total. The van der Waals surface area contributed by atoms with E-state index < -0.39 is 11.5 Å². The van der Waals surface area contributed by atoms with Crippen LogP contribution in [-0.2, 0) is 4.79 Å². The summed E-state index contributed by atoms with van der Waals surface area (Å²) in [5.74, 6) is -1.17. The molecule has 0 aliphatic rings. The molecule has 0 spiro atoms. The Labute approximate surface area is 117 Å². The van der Waals surface area contributed by atoms with Crippen molar-refractivity contribution < 1.29 is 9.90 Å². The molecule has 1 rings (SSSR count). The fraction of sp³-hybridized carbons (Fsp3) is 0.125. The van der Waals surface area contributed by atoms with Crippen LogP contribution in [0.2, 0.25) is 15.2 Å². The first kappa shape index (κ1) is 18.9. The second-order valence-electron chi connectivity index (χ2n) is 2.58. The third kappa shape index (κ3) is 12.6. The molecular weight excluding hydrogens is 306 g/mol. The number of nitrogens with one attached hydrogen (secondary N) is 2. The maximum absolute atomic E-state index is 10.7. The minimum absolute atomic E-state index is 0.0365. The van der Waals surface area contributed by atoms with E-state index >= 15 is 0 Å². The Kier molecular flexibility index (Phi) is 10.1. The largest absolute Gasteiger partial charge is 0.481 e. The lowest BCUT2D eigenvalue weighted by molar-refractivity contribution is -0.134. The third-order valence-electron chi connectivity index (χ3n) is 0.903. The molecule has 0 bridgehead atoms. The number of aromatic nitrogens is 1. The minimum Gasteiger partial charge on any atom is -0.481 e. The molecule has 0 saturated carbocycles. The van der Waals surface area contributed by atoms with E-state index in [4.69, 9.17) is 50.1 Å². The summed E-state index contributed by atoms with van der Waals surface area (Å²) >= 11 is 16.3. The minimum atomic E-state index is -0.833. The molecule has 0 amide bonds. The maximum Gasteiger partial charge on any atom is 0.300 e. The molecule has 102 valence electrons. The topological polar surface area (TPSA) is 146 Å². The molecule has 10 heteroatoms. The highest BCUT2D eigenvalue weighted by atomic mass is 35.5. The van der Waals surface area contributed by atoms with Crippen molar-refractivity contribution in [3.05, 3.63) is 31.6 Å². The SMILES string of the molecule is CC(=O)O.N=C(N)N.O=c1[nH]c(Cl)c(Cl)cc1Cl. The maximum atomic E-state index is 10.7. The van der Waals surface area contributed by atoms with Crippen molar-refractivity contribution >= 4 is 46.7 Å². The number of carboxylic acid groups (broad SMARTS) is 1. The molecule has 7 N–H and O–H groups in total. The molecule has 0 aliphatic heterocycles. The van der Waals surface area contributed by atoms with Gasteiger partial charge in [0.25, 0.3) is 11.5 Å². The number of hydrogen-bond donors (Lipinski definition) is 5. The molecule has 1 aromatic rings. The zero-order valence-corrected chi connectivity index (χ0v) is 11.4. The molecule has 0 atom stereocenters. The van der Waals surface area contributed by atoms with Crippen LogP contribution in [0.5, 0.6) is 0 Å². The van der Waals surface area contributed by atoms with Crippen LogP contribution in [0.25, 0.3) is 0 Å². The van der Waals surface area contributed by atoms with Crippen LogP contribution in [0.4, 0.5) is 0 Å². The average molecular weight is 318 g/mol. The van der Waals surface area contributed by atoms with E-state index in [1.165, 1.54) is 6.07 Å². The number of guanidine groups is 1. The van der Waals surface area contributed by atoms with Crippen LogP contribution < -0.4 is 17.0 Å². The average Bonchev–Trinajstić information content (AvgIpc) is 2.13. The fourth-order valence-electron chi connectivity index (χ4n) is 0.459. The van der Waals surface area contributed by atoms with Gasteiger partial charge in [-0.05, 0) is 6.07 Å². The highest BCUT2D eigenvalue weighted by molar-refractivity contribution is 6.42. The van der Waals surface area contributed by atoms with E-state index in [1.54, 1.807) is 0 Å². The summed E-state index contributed by atoms with van der Waals surface area (Å²) in [6.45, 7) is 1.08. The highest BCUT2D eigenvalue weighted by Gasteiger charge is 2.01. The van der Waals surface area contributed by atoms with Gasteiger partial charge in [-0.15, -0.1) is 0 Å². The van der Waals surface area contributed by atoms with E-state index in [9.17, 15) is 4.79 Å². The molecule has 0 aliphatic carbocycles. The Hall–Kier alpha value is -1.44. The number of H-pyrrole nitrogens is 1. The van der Waals surface area contributed by atoms with Gasteiger partial charge in [0, 0.05) is 6.92 Å². The van der Waals surface area contributed by atoms with Crippen LogP contribution in [-0.4, -0.2) is 22.0 Å². The van der Waals surface area contributed by atoms with E-state index in [2.05, 4.69) is 16.5 Å². The van der Waals surface area contributed by atoms with Gasteiger partial charge in [0.15, 0.2) is 5.96 Å². The molecule has 0 aromatic carbocycles. The number of carbonyl (C=O) groups is 1. The summed E-state index contributed by atoms with van der Waals surface area (Å²) < 4.78 is 0.